The van der Waals surface area contributed by atoms with Gasteiger partial charge in [0.2, 0.25) is 0 Å². The quantitative estimate of drug-likeness (QED) is 0.0459. The van der Waals surface area contributed by atoms with Gasteiger partial charge in [0.25, 0.3) is 0 Å². The Balaban J connectivity index is 5.35. The maximum atomic E-state index is 13.1. The van der Waals surface area contributed by atoms with E-state index in [1.165, 1.54) is 83.5 Å². The third-order valence-electron chi connectivity index (χ3n) is 7.73. The summed E-state index contributed by atoms with van der Waals surface area (Å²) in [4.78, 5) is 39.4. The van der Waals surface area contributed by atoms with Crippen molar-refractivity contribution < 1.29 is 23.6 Å². The van der Waals surface area contributed by atoms with Gasteiger partial charge in [0.1, 0.15) is 0 Å². The Kier molecular flexibility index (Phi) is 35.3. The molecule has 0 aliphatic carbocycles. The van der Waals surface area contributed by atoms with Crippen LogP contribution in [0.2, 0.25) is 4.44 Å². The summed E-state index contributed by atoms with van der Waals surface area (Å²) in [6.45, 7) is 8.80. The Morgan fingerprint density at radius 2 is 0.652 bits per heavy atom. The molecule has 0 fully saturated rings. The van der Waals surface area contributed by atoms with Crippen molar-refractivity contribution in [2.24, 2.45) is 0 Å². The van der Waals surface area contributed by atoms with E-state index in [4.69, 9.17) is 9.22 Å². The second-order valence-electron chi connectivity index (χ2n) is 12.4. The van der Waals surface area contributed by atoms with E-state index >= 15 is 0 Å². The van der Waals surface area contributed by atoms with Crippen LogP contribution in [0, 0.1) is 0 Å². The molecule has 0 unspecified atom stereocenters. The van der Waals surface area contributed by atoms with Gasteiger partial charge in [-0.05, 0) is 0 Å². The third-order valence-corrected chi connectivity index (χ3v) is 18.2. The topological polar surface area (TPSA) is 78.9 Å². The van der Waals surface area contributed by atoms with E-state index in [1.807, 2.05) is 0 Å². The zero-order valence-corrected chi connectivity index (χ0v) is 35.5. The molecule has 0 N–H and O–H groups in total. The van der Waals surface area contributed by atoms with Crippen LogP contribution in [0.3, 0.4) is 0 Å². The number of hydrogen-bond acceptors (Lipinski definition) is 9. The summed E-state index contributed by atoms with van der Waals surface area (Å²) in [5.74, 6) is 2.00. The van der Waals surface area contributed by atoms with E-state index in [2.05, 4.69) is 27.7 Å². The average Bonchev–Trinajstić information content (AvgIpc) is 3.03. The van der Waals surface area contributed by atoms with E-state index < -0.39 is 37.5 Å². The zero-order chi connectivity index (χ0) is 34.0. The molecule has 10 heteroatoms. The van der Waals surface area contributed by atoms with Gasteiger partial charge in [0, 0.05) is 0 Å². The summed E-state index contributed by atoms with van der Waals surface area (Å²) >= 11 is -0.231. The van der Waals surface area contributed by atoms with Gasteiger partial charge in [-0.1, -0.05) is 0 Å². The van der Waals surface area contributed by atoms with Crippen LogP contribution in [-0.2, 0) is 23.6 Å². The second kappa shape index (κ2) is 35.1. The van der Waals surface area contributed by atoms with Gasteiger partial charge in [0.15, 0.2) is 0 Å². The SMILES string of the molecule is CCCCCCCCCCC[CH2][Sn]([O]C(=O)CSCCCCCC)([O]C(=O)CSCCCCCC)[O]C(=O)CSCCCCCC. The van der Waals surface area contributed by atoms with Crippen molar-refractivity contribution in [2.75, 3.05) is 34.5 Å². The van der Waals surface area contributed by atoms with Gasteiger partial charge in [-0.2, -0.15) is 0 Å². The molecule has 6 nitrogen and oxygen atoms in total. The predicted octanol–water partition coefficient (Wildman–Crippen LogP) is 11.4. The number of carbonyl (C=O) groups is 3. The molecule has 0 heterocycles. The van der Waals surface area contributed by atoms with E-state index in [-0.39, 0.29) is 17.3 Å². The van der Waals surface area contributed by atoms with Crippen LogP contribution in [-0.4, -0.2) is 72.0 Å². The van der Waals surface area contributed by atoms with Crippen LogP contribution in [0.1, 0.15) is 169 Å². The number of hydrogen-bond donors (Lipinski definition) is 0. The Hall–Kier alpha value is 0.259. The van der Waals surface area contributed by atoms with E-state index in [0.29, 0.717) is 4.44 Å². The molecule has 0 radical (unpaired) electrons. The van der Waals surface area contributed by atoms with Crippen molar-refractivity contribution in [3.05, 3.63) is 0 Å². The molecule has 272 valence electrons. The van der Waals surface area contributed by atoms with Crippen LogP contribution >= 0.6 is 35.3 Å². The monoisotopic (exact) mass is 814 g/mol. The molecule has 0 aliphatic heterocycles. The van der Waals surface area contributed by atoms with Gasteiger partial charge in [-0.3, -0.25) is 0 Å². The Morgan fingerprint density at radius 1 is 0.391 bits per heavy atom. The first-order valence-electron chi connectivity index (χ1n) is 18.8. The Labute approximate surface area is 302 Å². The molecule has 46 heavy (non-hydrogen) atoms. The van der Waals surface area contributed by atoms with Gasteiger partial charge in [0.05, 0.1) is 0 Å². The summed E-state index contributed by atoms with van der Waals surface area (Å²) < 4.78 is 18.5. The fourth-order valence-corrected chi connectivity index (χ4v) is 15.0. The van der Waals surface area contributed by atoms with Crippen molar-refractivity contribution in [1.29, 1.82) is 0 Å². The van der Waals surface area contributed by atoms with Crippen molar-refractivity contribution in [2.45, 2.75) is 173 Å². The van der Waals surface area contributed by atoms with Crippen LogP contribution in [0.4, 0.5) is 0 Å². The van der Waals surface area contributed by atoms with Crippen LogP contribution < -0.4 is 0 Å². The molecule has 0 saturated carbocycles. The standard InChI is InChI=1S/C12H25.3C8H16O2S.Sn/c1-3-5-7-9-11-12-10-8-6-4-2;3*1-2-3-4-5-6-11-7-8(9)10;/h1,3-12H2,2H3;3*2-7H2,1H3,(H,9,10);/q;;;;+3/p-3. The minimum atomic E-state index is -4.88. The summed E-state index contributed by atoms with van der Waals surface area (Å²) in [6.07, 6.45) is 25.4. The zero-order valence-electron chi connectivity index (χ0n) is 30.2. The van der Waals surface area contributed by atoms with Crippen molar-refractivity contribution >= 4 is 72.8 Å². The van der Waals surface area contributed by atoms with E-state index in [0.717, 1.165) is 75.0 Å². The fraction of sp³-hybridized carbons (Fsp3) is 0.917. The Morgan fingerprint density at radius 3 is 0.957 bits per heavy atom. The third kappa shape index (κ3) is 30.3. The van der Waals surface area contributed by atoms with Crippen molar-refractivity contribution in [1.82, 2.24) is 0 Å². The second-order valence-corrected chi connectivity index (χ2v) is 22.8. The maximum absolute atomic E-state index is 13.1. The van der Waals surface area contributed by atoms with Gasteiger partial charge in [-0.15, -0.1) is 0 Å². The van der Waals surface area contributed by atoms with Crippen LogP contribution in [0.5, 0.6) is 0 Å². The van der Waals surface area contributed by atoms with Crippen molar-refractivity contribution in [3.8, 4) is 0 Å². The molecular weight excluding hydrogens is 743 g/mol. The molecule has 0 aromatic heterocycles. The summed E-state index contributed by atoms with van der Waals surface area (Å²) in [7, 11) is 0. The molecule has 0 aliphatic rings. The summed E-state index contributed by atoms with van der Waals surface area (Å²) in [6, 6.07) is 0. The average molecular weight is 814 g/mol. The predicted molar refractivity (Wildman–Crippen MR) is 205 cm³/mol. The first-order valence-corrected chi connectivity index (χ1v) is 27.8. The Bertz CT molecular complexity index is 654. The molecule has 0 atom stereocenters. The summed E-state index contributed by atoms with van der Waals surface area (Å²) in [5.41, 5.74) is 0. The molecule has 0 saturated heterocycles. The number of unbranched alkanes of at least 4 members (excludes halogenated alkanes) is 18. The molecule has 0 spiro atoms. The first-order chi connectivity index (χ1) is 22.4. The molecular formula is C36H70O6S3Sn. The first kappa shape index (κ1) is 46.3. The number of carbonyl (C=O) groups excluding carboxylic acids is 3. The van der Waals surface area contributed by atoms with Crippen LogP contribution in [0.15, 0.2) is 0 Å². The van der Waals surface area contributed by atoms with Gasteiger partial charge in [-0.25, -0.2) is 0 Å². The molecule has 0 bridgehead atoms. The van der Waals surface area contributed by atoms with Crippen molar-refractivity contribution in [3.63, 3.8) is 0 Å². The molecule has 0 rings (SSSR count). The van der Waals surface area contributed by atoms with Gasteiger partial charge < -0.3 is 0 Å². The molecule has 0 aromatic carbocycles. The molecule has 0 amide bonds. The summed E-state index contributed by atoms with van der Waals surface area (Å²) in [5, 5.41) is 0. The van der Waals surface area contributed by atoms with E-state index in [9.17, 15) is 14.4 Å². The van der Waals surface area contributed by atoms with Gasteiger partial charge >= 0.3 is 304 Å². The van der Waals surface area contributed by atoms with Crippen LogP contribution in [0.25, 0.3) is 0 Å². The molecule has 0 aromatic rings. The number of thioether (sulfide) groups is 3. The van der Waals surface area contributed by atoms with E-state index in [1.54, 1.807) is 35.3 Å². The normalized spacial score (nSPS) is 11.5. The fourth-order valence-electron chi connectivity index (χ4n) is 5.01. The number of rotatable bonds is 35. The minimum absolute atomic E-state index is 0.191.